The first-order valence-corrected chi connectivity index (χ1v) is 9.36. The van der Waals surface area contributed by atoms with Crippen LogP contribution in [0.1, 0.15) is 34.8 Å². The lowest BCUT2D eigenvalue weighted by Gasteiger charge is -2.35. The fourth-order valence-electron chi connectivity index (χ4n) is 3.52. The maximum absolute atomic E-state index is 12.8. The van der Waals surface area contributed by atoms with Crippen LogP contribution in [0.3, 0.4) is 0 Å². The molecule has 1 saturated heterocycles. The van der Waals surface area contributed by atoms with Gasteiger partial charge in [0, 0.05) is 50.1 Å². The van der Waals surface area contributed by atoms with Crippen LogP contribution >= 0.6 is 0 Å². The molecular weight excluding hydrogens is 340 g/mol. The summed E-state index contributed by atoms with van der Waals surface area (Å²) in [6, 6.07) is 9.64. The molecule has 0 spiro atoms. The van der Waals surface area contributed by atoms with Crippen molar-refractivity contribution in [3.8, 4) is 0 Å². The Morgan fingerprint density at radius 3 is 2.37 bits per heavy atom. The number of anilines is 1. The van der Waals surface area contributed by atoms with Crippen molar-refractivity contribution < 1.29 is 4.79 Å². The van der Waals surface area contributed by atoms with Gasteiger partial charge in [-0.3, -0.25) is 14.8 Å². The van der Waals surface area contributed by atoms with Crippen molar-refractivity contribution in [2.75, 3.05) is 31.1 Å². The molecule has 27 heavy (non-hydrogen) atoms. The highest BCUT2D eigenvalue weighted by molar-refractivity contribution is 5.97. The minimum atomic E-state index is 0.0392. The predicted octanol–water partition coefficient (Wildman–Crippen LogP) is 2.26. The first kappa shape index (κ1) is 16.1. The first-order chi connectivity index (χ1) is 13.3. The third-order valence-electron chi connectivity index (χ3n) is 5.27. The van der Waals surface area contributed by atoms with Crippen LogP contribution in [0.15, 0.2) is 42.7 Å². The van der Waals surface area contributed by atoms with E-state index in [0.717, 1.165) is 35.6 Å². The summed E-state index contributed by atoms with van der Waals surface area (Å²) < 4.78 is 0. The molecule has 2 aromatic heterocycles. The summed E-state index contributed by atoms with van der Waals surface area (Å²) in [6.07, 6.45) is 5.76. The van der Waals surface area contributed by atoms with Crippen molar-refractivity contribution in [3.63, 3.8) is 0 Å². The van der Waals surface area contributed by atoms with E-state index >= 15 is 0 Å². The van der Waals surface area contributed by atoms with Crippen LogP contribution in [0.25, 0.3) is 11.0 Å². The second kappa shape index (κ2) is 6.57. The number of benzene rings is 1. The monoisotopic (exact) mass is 360 g/mol. The average Bonchev–Trinajstić information content (AvgIpc) is 3.59. The molecule has 0 unspecified atom stereocenters. The molecule has 1 aromatic carbocycles. The highest BCUT2D eigenvalue weighted by atomic mass is 16.2. The summed E-state index contributed by atoms with van der Waals surface area (Å²) in [5.74, 6) is 1.55. The Balaban J connectivity index is 1.25. The maximum atomic E-state index is 12.8. The second-order valence-electron chi connectivity index (χ2n) is 7.13. The lowest BCUT2D eigenvalue weighted by molar-refractivity contribution is 0.0746. The molecule has 0 radical (unpaired) electrons. The smallest absolute Gasteiger partial charge is 0.254 e. The van der Waals surface area contributed by atoms with Gasteiger partial charge in [-0.25, -0.2) is 0 Å². The Bertz CT molecular complexity index is 977. The summed E-state index contributed by atoms with van der Waals surface area (Å²) in [5.41, 5.74) is 3.30. The number of rotatable bonds is 3. The Morgan fingerprint density at radius 1 is 0.889 bits per heavy atom. The van der Waals surface area contributed by atoms with Gasteiger partial charge in [0.25, 0.3) is 5.91 Å². The third-order valence-corrected chi connectivity index (χ3v) is 5.27. The number of carbonyl (C=O) groups excluding carboxylic acids is 1. The summed E-state index contributed by atoms with van der Waals surface area (Å²) in [6.45, 7) is 2.86. The molecule has 0 bridgehead atoms. The van der Waals surface area contributed by atoms with Crippen LogP contribution < -0.4 is 4.90 Å². The Hall–Kier alpha value is -3.09. The molecule has 3 heterocycles. The molecule has 1 aliphatic carbocycles. The van der Waals surface area contributed by atoms with E-state index < -0.39 is 0 Å². The van der Waals surface area contributed by atoms with E-state index in [1.54, 1.807) is 12.4 Å². The van der Waals surface area contributed by atoms with E-state index in [1.165, 1.54) is 12.8 Å². The molecule has 0 atom stereocenters. The molecule has 1 saturated carbocycles. The minimum Gasteiger partial charge on any atom is -0.352 e. The van der Waals surface area contributed by atoms with E-state index in [2.05, 4.69) is 37.2 Å². The predicted molar refractivity (Wildman–Crippen MR) is 102 cm³/mol. The van der Waals surface area contributed by atoms with Crippen LogP contribution in [0.4, 0.5) is 5.82 Å². The molecule has 1 amide bonds. The van der Waals surface area contributed by atoms with Gasteiger partial charge >= 0.3 is 0 Å². The number of hydrogen-bond donors (Lipinski definition) is 0. The molecule has 2 fully saturated rings. The van der Waals surface area contributed by atoms with Gasteiger partial charge in [-0.15, -0.1) is 5.10 Å². The molecule has 5 rings (SSSR count). The van der Waals surface area contributed by atoms with Gasteiger partial charge < -0.3 is 9.80 Å². The van der Waals surface area contributed by atoms with Gasteiger partial charge in [0.1, 0.15) is 0 Å². The van der Waals surface area contributed by atoms with Gasteiger partial charge in [0.05, 0.1) is 16.7 Å². The molecule has 1 aliphatic heterocycles. The molecule has 136 valence electrons. The normalized spacial score (nSPS) is 17.3. The summed E-state index contributed by atoms with van der Waals surface area (Å²) in [4.78, 5) is 25.5. The number of amides is 1. The van der Waals surface area contributed by atoms with E-state index in [0.29, 0.717) is 24.6 Å². The lowest BCUT2D eigenvalue weighted by Crippen LogP contribution is -2.49. The van der Waals surface area contributed by atoms with E-state index in [1.807, 2.05) is 23.1 Å². The van der Waals surface area contributed by atoms with Crippen LogP contribution in [0.2, 0.25) is 0 Å². The van der Waals surface area contributed by atoms with Crippen molar-refractivity contribution in [3.05, 3.63) is 54.0 Å². The SMILES string of the molecule is O=C(c1ccc2nccnc2c1)N1CCN(c2ccc(C3CC3)nn2)CC1. The number of piperazine rings is 1. The van der Waals surface area contributed by atoms with Crippen LogP contribution in [-0.4, -0.2) is 57.2 Å². The topological polar surface area (TPSA) is 75.1 Å². The second-order valence-corrected chi connectivity index (χ2v) is 7.13. The van der Waals surface area contributed by atoms with Crippen LogP contribution in [0, 0.1) is 0 Å². The Kier molecular flexibility index (Phi) is 3.92. The number of nitrogens with zero attached hydrogens (tertiary/aromatic N) is 6. The molecule has 2 aliphatic rings. The first-order valence-electron chi connectivity index (χ1n) is 9.36. The number of fused-ring (bicyclic) bond motifs is 1. The zero-order chi connectivity index (χ0) is 18.2. The number of carbonyl (C=O) groups is 1. The van der Waals surface area contributed by atoms with Gasteiger partial charge in [-0.05, 0) is 43.2 Å². The van der Waals surface area contributed by atoms with Gasteiger partial charge in [-0.1, -0.05) is 0 Å². The molecule has 0 N–H and O–H groups in total. The van der Waals surface area contributed by atoms with Gasteiger partial charge in [0.15, 0.2) is 5.82 Å². The highest BCUT2D eigenvalue weighted by Crippen LogP contribution is 2.38. The van der Waals surface area contributed by atoms with Crippen LogP contribution in [0.5, 0.6) is 0 Å². The standard InChI is InChI=1S/C20H20N6O/c27-20(15-3-4-17-18(13-15)22-8-7-21-17)26-11-9-25(10-12-26)19-6-5-16(23-24-19)14-1-2-14/h3-8,13-14H,1-2,9-12H2. The fraction of sp³-hybridized carbons (Fsp3) is 0.350. The van der Waals surface area contributed by atoms with Crippen molar-refractivity contribution >= 4 is 22.8 Å². The number of hydrogen-bond acceptors (Lipinski definition) is 6. The lowest BCUT2D eigenvalue weighted by atomic mass is 10.1. The maximum Gasteiger partial charge on any atom is 0.254 e. The zero-order valence-corrected chi connectivity index (χ0v) is 15.0. The molecule has 7 nitrogen and oxygen atoms in total. The quantitative estimate of drug-likeness (QED) is 0.713. The summed E-state index contributed by atoms with van der Waals surface area (Å²) in [5, 5.41) is 8.74. The molecule has 7 heteroatoms. The largest absolute Gasteiger partial charge is 0.352 e. The fourth-order valence-corrected chi connectivity index (χ4v) is 3.52. The Labute approximate surface area is 157 Å². The number of aromatic nitrogens is 4. The molecular formula is C20H20N6O. The van der Waals surface area contributed by atoms with Gasteiger partial charge in [-0.2, -0.15) is 5.10 Å². The third kappa shape index (κ3) is 3.20. The van der Waals surface area contributed by atoms with Crippen LogP contribution in [-0.2, 0) is 0 Å². The summed E-state index contributed by atoms with van der Waals surface area (Å²) >= 11 is 0. The van der Waals surface area contributed by atoms with Crippen molar-refractivity contribution in [1.82, 2.24) is 25.1 Å². The van der Waals surface area contributed by atoms with Crippen molar-refractivity contribution in [2.24, 2.45) is 0 Å². The Morgan fingerprint density at radius 2 is 1.67 bits per heavy atom. The zero-order valence-electron chi connectivity index (χ0n) is 15.0. The average molecular weight is 360 g/mol. The van der Waals surface area contributed by atoms with E-state index in [-0.39, 0.29) is 5.91 Å². The van der Waals surface area contributed by atoms with Gasteiger partial charge in [0.2, 0.25) is 0 Å². The van der Waals surface area contributed by atoms with E-state index in [9.17, 15) is 4.79 Å². The molecule has 3 aromatic rings. The summed E-state index contributed by atoms with van der Waals surface area (Å²) in [7, 11) is 0. The highest BCUT2D eigenvalue weighted by Gasteiger charge is 2.26. The van der Waals surface area contributed by atoms with E-state index in [4.69, 9.17) is 0 Å². The van der Waals surface area contributed by atoms with Crippen molar-refractivity contribution in [2.45, 2.75) is 18.8 Å². The minimum absolute atomic E-state index is 0.0392. The van der Waals surface area contributed by atoms with Crippen molar-refractivity contribution in [1.29, 1.82) is 0 Å².